The van der Waals surface area contributed by atoms with E-state index < -0.39 is 6.10 Å². The summed E-state index contributed by atoms with van der Waals surface area (Å²) in [6, 6.07) is 0. The van der Waals surface area contributed by atoms with E-state index in [1.54, 1.807) is 0 Å². The van der Waals surface area contributed by atoms with Crippen LogP contribution in [-0.2, 0) is 28.6 Å². The van der Waals surface area contributed by atoms with Gasteiger partial charge < -0.3 is 14.2 Å². The van der Waals surface area contributed by atoms with Crippen LogP contribution in [0.1, 0.15) is 329 Å². The molecule has 0 unspecified atom stereocenters. The smallest absolute Gasteiger partial charge is 0.306 e. The van der Waals surface area contributed by atoms with Crippen LogP contribution < -0.4 is 0 Å². The van der Waals surface area contributed by atoms with Gasteiger partial charge in [0.2, 0.25) is 0 Å². The summed E-state index contributed by atoms with van der Waals surface area (Å²) in [4.78, 5) is 38.1. The summed E-state index contributed by atoms with van der Waals surface area (Å²) < 4.78 is 16.9. The van der Waals surface area contributed by atoms with Crippen LogP contribution >= 0.6 is 0 Å². The molecule has 0 saturated heterocycles. The predicted octanol–water partition coefficient (Wildman–Crippen LogP) is 19.3. The molecule has 65 heavy (non-hydrogen) atoms. The van der Waals surface area contributed by atoms with Crippen molar-refractivity contribution in [3.8, 4) is 0 Å². The molecule has 6 heteroatoms. The number of esters is 3. The van der Waals surface area contributed by atoms with Gasteiger partial charge in [0.1, 0.15) is 13.2 Å². The SMILES string of the molecule is CCCCCCCC/C=C\CCCCCCCC(=O)O[C@H](COC(=O)CCCCCCCCCCCCCCC)COC(=O)CCCCCCCCCCCCCCCCCCCCC. The molecule has 0 amide bonds. The van der Waals surface area contributed by atoms with Crippen LogP contribution in [0.15, 0.2) is 12.2 Å². The molecule has 0 N–H and O–H groups in total. The number of ether oxygens (including phenoxy) is 3. The summed E-state index contributed by atoms with van der Waals surface area (Å²) in [5, 5.41) is 0. The van der Waals surface area contributed by atoms with E-state index in [4.69, 9.17) is 14.2 Å². The highest BCUT2D eigenvalue weighted by Gasteiger charge is 2.19. The number of hydrogen-bond acceptors (Lipinski definition) is 6. The lowest BCUT2D eigenvalue weighted by molar-refractivity contribution is -0.167. The third kappa shape index (κ3) is 53.0. The fourth-order valence-electron chi connectivity index (χ4n) is 8.85. The van der Waals surface area contributed by atoms with E-state index in [2.05, 4.69) is 32.9 Å². The van der Waals surface area contributed by atoms with Crippen molar-refractivity contribution < 1.29 is 28.6 Å². The summed E-state index contributed by atoms with van der Waals surface area (Å²) in [7, 11) is 0. The van der Waals surface area contributed by atoms with Crippen molar-refractivity contribution in [3.63, 3.8) is 0 Å². The quantitative estimate of drug-likeness (QED) is 0.0262. The lowest BCUT2D eigenvalue weighted by Gasteiger charge is -2.18. The largest absolute Gasteiger partial charge is 0.462 e. The normalized spacial score (nSPS) is 12.0. The molecule has 0 heterocycles. The van der Waals surface area contributed by atoms with Crippen molar-refractivity contribution in [3.05, 3.63) is 12.2 Å². The Kier molecular flexibility index (Phi) is 53.2. The summed E-state index contributed by atoms with van der Waals surface area (Å²) >= 11 is 0. The molecule has 0 saturated carbocycles. The number of allylic oxidation sites excluding steroid dienone is 2. The highest BCUT2D eigenvalue weighted by atomic mass is 16.6. The Labute approximate surface area is 405 Å². The van der Waals surface area contributed by atoms with Gasteiger partial charge in [0, 0.05) is 19.3 Å². The van der Waals surface area contributed by atoms with Gasteiger partial charge in [0.25, 0.3) is 0 Å². The molecule has 384 valence electrons. The molecule has 0 aromatic rings. The Morgan fingerprint density at radius 1 is 0.292 bits per heavy atom. The number of hydrogen-bond donors (Lipinski definition) is 0. The van der Waals surface area contributed by atoms with Crippen LogP contribution in [0.2, 0.25) is 0 Å². The second-order valence-corrected chi connectivity index (χ2v) is 19.9. The summed E-state index contributed by atoms with van der Waals surface area (Å²) in [6.07, 6.45) is 62.0. The number of unbranched alkanes of at least 4 members (excludes halogenated alkanes) is 41. The Morgan fingerprint density at radius 3 is 0.769 bits per heavy atom. The van der Waals surface area contributed by atoms with E-state index in [0.29, 0.717) is 19.3 Å². The van der Waals surface area contributed by atoms with Crippen LogP contribution in [0.4, 0.5) is 0 Å². The molecular formula is C59H112O6. The number of carbonyl (C=O) groups is 3. The Hall–Kier alpha value is -1.85. The van der Waals surface area contributed by atoms with Gasteiger partial charge in [0.05, 0.1) is 0 Å². The zero-order valence-corrected chi connectivity index (χ0v) is 44.0. The number of rotatable bonds is 54. The highest BCUT2D eigenvalue weighted by molar-refractivity contribution is 5.71. The molecule has 6 nitrogen and oxygen atoms in total. The summed E-state index contributed by atoms with van der Waals surface area (Å²) in [6.45, 7) is 6.68. The van der Waals surface area contributed by atoms with Crippen LogP contribution in [0.25, 0.3) is 0 Å². The third-order valence-electron chi connectivity index (χ3n) is 13.3. The third-order valence-corrected chi connectivity index (χ3v) is 13.3. The van der Waals surface area contributed by atoms with E-state index in [0.717, 1.165) is 64.2 Å². The van der Waals surface area contributed by atoms with Crippen LogP contribution in [0, 0.1) is 0 Å². The standard InChI is InChI=1S/C59H112O6/c1-4-7-10-13-16-19-22-25-27-28-29-30-32-34-37-40-43-46-49-52-58(61)64-55-56(54-63-57(60)51-48-45-42-39-36-33-24-21-18-15-12-9-6-3)65-59(62)53-50-47-44-41-38-35-31-26-23-20-17-14-11-8-5-2/h26,31,56H,4-25,27-30,32-55H2,1-3H3/b31-26-/t56-/m1/s1. The Morgan fingerprint density at radius 2 is 0.508 bits per heavy atom. The van der Waals surface area contributed by atoms with Crippen molar-refractivity contribution in [2.75, 3.05) is 13.2 Å². The maximum Gasteiger partial charge on any atom is 0.306 e. The molecule has 0 fully saturated rings. The van der Waals surface area contributed by atoms with E-state index in [1.165, 1.54) is 225 Å². The molecule has 0 rings (SSSR count). The zero-order valence-electron chi connectivity index (χ0n) is 44.0. The summed E-state index contributed by atoms with van der Waals surface area (Å²) in [5.41, 5.74) is 0. The lowest BCUT2D eigenvalue weighted by Crippen LogP contribution is -2.30. The molecule has 1 atom stereocenters. The first-order chi connectivity index (χ1) is 32.0. The summed E-state index contributed by atoms with van der Waals surface area (Å²) in [5.74, 6) is -0.851. The minimum absolute atomic E-state index is 0.0674. The van der Waals surface area contributed by atoms with Crippen molar-refractivity contribution in [2.45, 2.75) is 335 Å². The first kappa shape index (κ1) is 63.1. The van der Waals surface area contributed by atoms with Crippen LogP contribution in [-0.4, -0.2) is 37.2 Å². The molecule has 0 spiro atoms. The van der Waals surface area contributed by atoms with E-state index in [-0.39, 0.29) is 31.1 Å². The average Bonchev–Trinajstić information content (AvgIpc) is 3.30. The molecule has 0 aliphatic carbocycles. The molecule has 0 aromatic heterocycles. The fraction of sp³-hybridized carbons (Fsp3) is 0.915. The predicted molar refractivity (Wildman–Crippen MR) is 280 cm³/mol. The molecule has 0 bridgehead atoms. The van der Waals surface area contributed by atoms with E-state index >= 15 is 0 Å². The Balaban J connectivity index is 4.29. The first-order valence-electron chi connectivity index (χ1n) is 29.2. The van der Waals surface area contributed by atoms with Crippen molar-refractivity contribution in [1.29, 1.82) is 0 Å². The molecule has 0 radical (unpaired) electrons. The topological polar surface area (TPSA) is 78.9 Å². The minimum atomic E-state index is -0.768. The fourth-order valence-corrected chi connectivity index (χ4v) is 8.85. The lowest BCUT2D eigenvalue weighted by atomic mass is 10.0. The van der Waals surface area contributed by atoms with Gasteiger partial charge in [-0.15, -0.1) is 0 Å². The van der Waals surface area contributed by atoms with Gasteiger partial charge in [-0.2, -0.15) is 0 Å². The molecule has 0 aromatic carbocycles. The van der Waals surface area contributed by atoms with Crippen LogP contribution in [0.5, 0.6) is 0 Å². The van der Waals surface area contributed by atoms with Gasteiger partial charge >= 0.3 is 17.9 Å². The second-order valence-electron chi connectivity index (χ2n) is 19.9. The zero-order chi connectivity index (χ0) is 47.2. The van der Waals surface area contributed by atoms with E-state index in [1.807, 2.05) is 0 Å². The Bertz CT molecular complexity index is 1010. The van der Waals surface area contributed by atoms with Gasteiger partial charge in [0.15, 0.2) is 6.10 Å². The van der Waals surface area contributed by atoms with Crippen molar-refractivity contribution in [1.82, 2.24) is 0 Å². The van der Waals surface area contributed by atoms with Gasteiger partial charge in [-0.05, 0) is 44.9 Å². The molecule has 0 aliphatic heterocycles. The monoisotopic (exact) mass is 917 g/mol. The van der Waals surface area contributed by atoms with Gasteiger partial charge in [-0.1, -0.05) is 277 Å². The van der Waals surface area contributed by atoms with Crippen LogP contribution in [0.3, 0.4) is 0 Å². The maximum absolute atomic E-state index is 12.8. The minimum Gasteiger partial charge on any atom is -0.462 e. The second kappa shape index (κ2) is 54.8. The van der Waals surface area contributed by atoms with E-state index in [9.17, 15) is 14.4 Å². The van der Waals surface area contributed by atoms with Gasteiger partial charge in [-0.25, -0.2) is 0 Å². The first-order valence-corrected chi connectivity index (χ1v) is 29.2. The highest BCUT2D eigenvalue weighted by Crippen LogP contribution is 2.17. The number of carbonyl (C=O) groups excluding carboxylic acids is 3. The molecular weight excluding hydrogens is 805 g/mol. The van der Waals surface area contributed by atoms with Crippen molar-refractivity contribution in [2.24, 2.45) is 0 Å². The maximum atomic E-state index is 12.8. The average molecular weight is 918 g/mol. The molecule has 0 aliphatic rings. The van der Waals surface area contributed by atoms with Gasteiger partial charge in [-0.3, -0.25) is 14.4 Å². The van der Waals surface area contributed by atoms with Crippen molar-refractivity contribution >= 4 is 17.9 Å².